The summed E-state index contributed by atoms with van der Waals surface area (Å²) < 4.78 is 5.78. The number of carbonyl (C=O) groups is 1. The highest BCUT2D eigenvalue weighted by Crippen LogP contribution is 2.38. The molecule has 1 amide bonds. The summed E-state index contributed by atoms with van der Waals surface area (Å²) in [5.41, 5.74) is 2.20. The lowest BCUT2D eigenvalue weighted by Crippen LogP contribution is -2.12. The van der Waals surface area contributed by atoms with Gasteiger partial charge in [0, 0.05) is 20.9 Å². The SMILES string of the molecule is CCCCCCOc1ccc(C(=O)Nc2ccccc2Sc2ccccc2-c2nnn[nH]2)cc1. The van der Waals surface area contributed by atoms with Crippen LogP contribution in [-0.2, 0) is 0 Å². The predicted octanol–water partition coefficient (Wildman–Crippen LogP) is 6.23. The Balaban J connectivity index is 1.42. The number of nitrogens with zero attached hydrogens (tertiary/aromatic N) is 3. The first kappa shape index (κ1) is 23.5. The fourth-order valence-electron chi connectivity index (χ4n) is 3.42. The monoisotopic (exact) mass is 473 g/mol. The number of rotatable bonds is 11. The number of anilines is 1. The van der Waals surface area contributed by atoms with Gasteiger partial charge in [-0.3, -0.25) is 4.79 Å². The summed E-state index contributed by atoms with van der Waals surface area (Å²) in [6, 6.07) is 22.9. The molecule has 1 heterocycles. The first-order chi connectivity index (χ1) is 16.7. The molecule has 0 radical (unpaired) electrons. The van der Waals surface area contributed by atoms with E-state index >= 15 is 0 Å². The maximum absolute atomic E-state index is 12.9. The number of para-hydroxylation sites is 1. The van der Waals surface area contributed by atoms with E-state index in [1.165, 1.54) is 19.3 Å². The van der Waals surface area contributed by atoms with Gasteiger partial charge in [-0.2, -0.15) is 0 Å². The van der Waals surface area contributed by atoms with Gasteiger partial charge in [-0.1, -0.05) is 62.2 Å². The molecule has 0 unspecified atom stereocenters. The van der Waals surface area contributed by atoms with Gasteiger partial charge in [0.25, 0.3) is 5.91 Å². The maximum Gasteiger partial charge on any atom is 0.255 e. The normalized spacial score (nSPS) is 10.7. The average molecular weight is 474 g/mol. The maximum atomic E-state index is 12.9. The topological polar surface area (TPSA) is 92.8 Å². The van der Waals surface area contributed by atoms with Crippen LogP contribution in [0.3, 0.4) is 0 Å². The molecule has 1 aromatic heterocycles. The molecule has 0 saturated heterocycles. The summed E-state index contributed by atoms with van der Waals surface area (Å²) in [4.78, 5) is 14.8. The van der Waals surface area contributed by atoms with Crippen LogP contribution in [0.1, 0.15) is 43.0 Å². The van der Waals surface area contributed by atoms with E-state index in [0.717, 1.165) is 33.2 Å². The lowest BCUT2D eigenvalue weighted by molar-refractivity contribution is 0.102. The van der Waals surface area contributed by atoms with Crippen LogP contribution < -0.4 is 10.1 Å². The molecule has 2 N–H and O–H groups in total. The number of hydrogen-bond donors (Lipinski definition) is 2. The van der Waals surface area contributed by atoms with Crippen LogP contribution in [0.15, 0.2) is 82.6 Å². The average Bonchev–Trinajstić information content (AvgIpc) is 3.41. The van der Waals surface area contributed by atoms with Crippen molar-refractivity contribution in [2.24, 2.45) is 0 Å². The molecular formula is C26H27N5O2S. The molecule has 34 heavy (non-hydrogen) atoms. The van der Waals surface area contributed by atoms with E-state index in [1.807, 2.05) is 60.7 Å². The molecule has 0 aliphatic rings. The highest BCUT2D eigenvalue weighted by atomic mass is 32.2. The molecule has 8 heteroatoms. The molecule has 0 spiro atoms. The zero-order valence-corrected chi connectivity index (χ0v) is 19.8. The van der Waals surface area contributed by atoms with E-state index in [9.17, 15) is 4.79 Å². The Kier molecular flexibility index (Phi) is 8.29. The summed E-state index contributed by atoms with van der Waals surface area (Å²) in [6.45, 7) is 2.89. The molecule has 7 nitrogen and oxygen atoms in total. The minimum Gasteiger partial charge on any atom is -0.494 e. The van der Waals surface area contributed by atoms with Gasteiger partial charge < -0.3 is 10.1 Å². The number of hydrogen-bond acceptors (Lipinski definition) is 6. The minimum atomic E-state index is -0.171. The van der Waals surface area contributed by atoms with Crippen molar-refractivity contribution in [2.45, 2.75) is 42.4 Å². The molecule has 4 rings (SSSR count). The second kappa shape index (κ2) is 12.0. The Hall–Kier alpha value is -3.65. The zero-order valence-electron chi connectivity index (χ0n) is 19.0. The number of carbonyl (C=O) groups excluding carboxylic acids is 1. The van der Waals surface area contributed by atoms with Crippen LogP contribution in [0.25, 0.3) is 11.4 Å². The van der Waals surface area contributed by atoms with E-state index < -0.39 is 0 Å². The van der Waals surface area contributed by atoms with Crippen molar-refractivity contribution in [1.82, 2.24) is 20.6 Å². The van der Waals surface area contributed by atoms with Crippen LogP contribution in [0.2, 0.25) is 0 Å². The Labute approximate surface area is 203 Å². The van der Waals surface area contributed by atoms with Gasteiger partial charge in [-0.25, -0.2) is 5.10 Å². The van der Waals surface area contributed by atoms with Crippen LogP contribution in [0.4, 0.5) is 5.69 Å². The number of aromatic amines is 1. The molecule has 0 bridgehead atoms. The van der Waals surface area contributed by atoms with Crippen LogP contribution in [-0.4, -0.2) is 33.1 Å². The number of aromatic nitrogens is 4. The largest absolute Gasteiger partial charge is 0.494 e. The van der Waals surface area contributed by atoms with Gasteiger partial charge in [0.1, 0.15) is 5.75 Å². The summed E-state index contributed by atoms with van der Waals surface area (Å²) in [5, 5.41) is 17.2. The van der Waals surface area contributed by atoms with Crippen molar-refractivity contribution in [3.05, 3.63) is 78.4 Å². The number of nitrogens with one attached hydrogen (secondary N) is 2. The van der Waals surface area contributed by atoms with Gasteiger partial charge in [-0.05, 0) is 65.4 Å². The Bertz CT molecular complexity index is 1200. The van der Waals surface area contributed by atoms with Gasteiger partial charge in [0.2, 0.25) is 0 Å². The number of tetrazole rings is 1. The van der Waals surface area contributed by atoms with Crippen molar-refractivity contribution >= 4 is 23.4 Å². The van der Waals surface area contributed by atoms with E-state index in [0.29, 0.717) is 18.0 Å². The van der Waals surface area contributed by atoms with E-state index in [1.54, 1.807) is 23.9 Å². The summed E-state index contributed by atoms with van der Waals surface area (Å²) in [5.74, 6) is 1.20. The second-order valence-corrected chi connectivity index (χ2v) is 8.82. The lowest BCUT2D eigenvalue weighted by atomic mass is 10.2. The Morgan fingerprint density at radius 2 is 1.71 bits per heavy atom. The fourth-order valence-corrected chi connectivity index (χ4v) is 4.45. The van der Waals surface area contributed by atoms with Gasteiger partial charge >= 0.3 is 0 Å². The van der Waals surface area contributed by atoms with Crippen LogP contribution >= 0.6 is 11.8 Å². The van der Waals surface area contributed by atoms with Crippen molar-refractivity contribution < 1.29 is 9.53 Å². The third kappa shape index (κ3) is 6.23. The van der Waals surface area contributed by atoms with Crippen molar-refractivity contribution in [2.75, 3.05) is 11.9 Å². The van der Waals surface area contributed by atoms with Gasteiger partial charge in [-0.15, -0.1) is 5.10 Å². The lowest BCUT2D eigenvalue weighted by Gasteiger charge is -2.13. The first-order valence-corrected chi connectivity index (χ1v) is 12.2. The van der Waals surface area contributed by atoms with Crippen molar-refractivity contribution in [1.29, 1.82) is 0 Å². The minimum absolute atomic E-state index is 0.171. The van der Waals surface area contributed by atoms with Gasteiger partial charge in [0.15, 0.2) is 5.82 Å². The highest BCUT2D eigenvalue weighted by molar-refractivity contribution is 7.99. The molecule has 0 atom stereocenters. The van der Waals surface area contributed by atoms with E-state index in [2.05, 4.69) is 32.9 Å². The zero-order chi connectivity index (χ0) is 23.6. The Morgan fingerprint density at radius 1 is 0.941 bits per heavy atom. The predicted molar refractivity (Wildman–Crippen MR) is 134 cm³/mol. The van der Waals surface area contributed by atoms with E-state index in [4.69, 9.17) is 4.74 Å². The first-order valence-electron chi connectivity index (χ1n) is 11.4. The third-order valence-corrected chi connectivity index (χ3v) is 6.38. The van der Waals surface area contributed by atoms with Gasteiger partial charge in [0.05, 0.1) is 12.3 Å². The smallest absolute Gasteiger partial charge is 0.255 e. The summed E-state index contributed by atoms with van der Waals surface area (Å²) in [6.07, 6.45) is 4.65. The molecule has 3 aromatic carbocycles. The van der Waals surface area contributed by atoms with Crippen LogP contribution in [0, 0.1) is 0 Å². The molecule has 0 aliphatic heterocycles. The summed E-state index contributed by atoms with van der Waals surface area (Å²) in [7, 11) is 0. The van der Waals surface area contributed by atoms with Crippen molar-refractivity contribution in [3.63, 3.8) is 0 Å². The molecule has 0 saturated carbocycles. The standard InChI is InChI=1S/C26H27N5O2S/c1-2-3-4-9-18-33-20-16-14-19(15-17-20)26(32)27-22-11-6-8-13-24(22)34-23-12-7-5-10-21(23)25-28-30-31-29-25/h5-8,10-17H,2-4,9,18H2,1H3,(H,27,32)(H,28,29,30,31). The number of unbranched alkanes of at least 4 members (excludes halogenated alkanes) is 3. The highest BCUT2D eigenvalue weighted by Gasteiger charge is 2.14. The molecule has 0 aliphatic carbocycles. The third-order valence-electron chi connectivity index (χ3n) is 5.23. The number of ether oxygens (including phenoxy) is 1. The molecular weight excluding hydrogens is 446 g/mol. The fraction of sp³-hybridized carbons (Fsp3) is 0.231. The molecule has 4 aromatic rings. The number of H-pyrrole nitrogens is 1. The summed E-state index contributed by atoms with van der Waals surface area (Å²) >= 11 is 1.54. The quantitative estimate of drug-likeness (QED) is 0.251. The number of benzene rings is 3. The van der Waals surface area contributed by atoms with E-state index in [-0.39, 0.29) is 5.91 Å². The molecule has 0 fully saturated rings. The van der Waals surface area contributed by atoms with Crippen molar-refractivity contribution in [3.8, 4) is 17.1 Å². The molecule has 174 valence electrons. The van der Waals surface area contributed by atoms with Crippen LogP contribution in [0.5, 0.6) is 5.75 Å². The number of amides is 1. The Morgan fingerprint density at radius 3 is 2.47 bits per heavy atom. The second-order valence-electron chi connectivity index (χ2n) is 7.73.